The zero-order valence-corrected chi connectivity index (χ0v) is 13.1. The van der Waals surface area contributed by atoms with Gasteiger partial charge >= 0.3 is 5.97 Å². The molecule has 1 unspecified atom stereocenters. The summed E-state index contributed by atoms with van der Waals surface area (Å²) in [6.45, 7) is 3.60. The molecule has 2 aromatic carbocycles. The van der Waals surface area contributed by atoms with Gasteiger partial charge in [-0.25, -0.2) is 4.79 Å². The van der Waals surface area contributed by atoms with Gasteiger partial charge in [0, 0.05) is 11.6 Å². The minimum absolute atomic E-state index is 0.109. The van der Waals surface area contributed by atoms with Crippen LogP contribution in [0, 0.1) is 0 Å². The summed E-state index contributed by atoms with van der Waals surface area (Å²) in [5.41, 5.74) is 0.934. The molecule has 0 amide bonds. The molecule has 24 heavy (non-hydrogen) atoms. The first-order chi connectivity index (χ1) is 11.6. The Labute approximate surface area is 140 Å². The molecular weight excluding hydrogens is 308 g/mol. The Morgan fingerprint density at radius 1 is 1.04 bits per heavy atom. The quantitative estimate of drug-likeness (QED) is 0.349. The SMILES string of the molecule is C=CC(=O)OCCOc1ccc(C(=O)C(O)c2ccccc2)cc1. The van der Waals surface area contributed by atoms with Crippen LogP contribution in [0.2, 0.25) is 0 Å². The molecule has 2 aromatic rings. The van der Waals surface area contributed by atoms with E-state index in [1.54, 1.807) is 48.5 Å². The smallest absolute Gasteiger partial charge is 0.330 e. The molecule has 0 saturated carbocycles. The molecule has 2 rings (SSSR count). The van der Waals surface area contributed by atoms with E-state index >= 15 is 0 Å². The molecule has 124 valence electrons. The van der Waals surface area contributed by atoms with Crippen molar-refractivity contribution < 1.29 is 24.2 Å². The average molecular weight is 326 g/mol. The first-order valence-corrected chi connectivity index (χ1v) is 7.41. The van der Waals surface area contributed by atoms with Gasteiger partial charge in [-0.1, -0.05) is 36.9 Å². The van der Waals surface area contributed by atoms with E-state index in [1.165, 1.54) is 0 Å². The number of hydrogen-bond acceptors (Lipinski definition) is 5. The zero-order chi connectivity index (χ0) is 17.4. The third-order valence-electron chi connectivity index (χ3n) is 3.27. The lowest BCUT2D eigenvalue weighted by molar-refractivity contribution is -0.138. The highest BCUT2D eigenvalue weighted by molar-refractivity contribution is 5.99. The largest absolute Gasteiger partial charge is 0.490 e. The molecule has 0 aliphatic rings. The number of carbonyl (C=O) groups excluding carboxylic acids is 2. The van der Waals surface area contributed by atoms with Gasteiger partial charge in [-0.15, -0.1) is 0 Å². The first-order valence-electron chi connectivity index (χ1n) is 7.41. The maximum atomic E-state index is 12.3. The number of hydrogen-bond donors (Lipinski definition) is 1. The summed E-state index contributed by atoms with van der Waals surface area (Å²) in [6, 6.07) is 15.2. The molecule has 0 fully saturated rings. The number of ketones is 1. The topological polar surface area (TPSA) is 72.8 Å². The molecule has 0 aliphatic heterocycles. The molecule has 0 bridgehead atoms. The minimum atomic E-state index is -1.20. The van der Waals surface area contributed by atoms with Gasteiger partial charge in [0.15, 0.2) is 5.78 Å². The first kappa shape index (κ1) is 17.4. The second-order valence-electron chi connectivity index (χ2n) is 4.92. The molecule has 5 nitrogen and oxygen atoms in total. The Balaban J connectivity index is 1.90. The third-order valence-corrected chi connectivity index (χ3v) is 3.27. The average Bonchev–Trinajstić information content (AvgIpc) is 2.65. The third kappa shape index (κ3) is 4.79. The van der Waals surface area contributed by atoms with Crippen molar-refractivity contribution in [3.63, 3.8) is 0 Å². The fourth-order valence-electron chi connectivity index (χ4n) is 2.02. The van der Waals surface area contributed by atoms with Crippen LogP contribution in [-0.4, -0.2) is 30.1 Å². The van der Waals surface area contributed by atoms with Crippen LogP contribution in [0.1, 0.15) is 22.0 Å². The highest BCUT2D eigenvalue weighted by Crippen LogP contribution is 2.20. The van der Waals surface area contributed by atoms with Crippen LogP contribution in [0.5, 0.6) is 5.75 Å². The van der Waals surface area contributed by atoms with Crippen molar-refractivity contribution in [1.29, 1.82) is 0 Å². The number of ether oxygens (including phenoxy) is 2. The summed E-state index contributed by atoms with van der Waals surface area (Å²) in [5, 5.41) is 10.1. The maximum Gasteiger partial charge on any atom is 0.330 e. The molecule has 1 N–H and O–H groups in total. The number of esters is 1. The van der Waals surface area contributed by atoms with Gasteiger partial charge in [-0.3, -0.25) is 4.79 Å². The van der Waals surface area contributed by atoms with Crippen LogP contribution >= 0.6 is 0 Å². The van der Waals surface area contributed by atoms with Crippen LogP contribution in [-0.2, 0) is 9.53 Å². The Hall–Kier alpha value is -2.92. The number of aliphatic hydroxyl groups is 1. The van der Waals surface area contributed by atoms with E-state index in [0.29, 0.717) is 16.9 Å². The molecule has 0 aliphatic carbocycles. The Kier molecular flexibility index (Phi) is 6.28. The zero-order valence-electron chi connectivity index (χ0n) is 13.1. The standard InChI is InChI=1S/C19H18O5/c1-2-17(20)24-13-12-23-16-10-8-15(9-11-16)19(22)18(21)14-6-4-3-5-7-14/h2-11,18,21H,1,12-13H2. The van der Waals surface area contributed by atoms with Crippen LogP contribution < -0.4 is 4.74 Å². The van der Waals surface area contributed by atoms with Crippen molar-refractivity contribution >= 4 is 11.8 Å². The van der Waals surface area contributed by atoms with E-state index in [-0.39, 0.29) is 19.0 Å². The highest BCUT2D eigenvalue weighted by Gasteiger charge is 2.18. The Morgan fingerprint density at radius 2 is 1.71 bits per heavy atom. The Bertz CT molecular complexity index is 691. The van der Waals surface area contributed by atoms with Crippen molar-refractivity contribution in [2.24, 2.45) is 0 Å². The lowest BCUT2D eigenvalue weighted by Crippen LogP contribution is -2.12. The number of rotatable bonds is 8. The number of Topliss-reactive ketones (excluding diaryl/α,β-unsaturated/α-hetero) is 1. The van der Waals surface area contributed by atoms with E-state index in [2.05, 4.69) is 6.58 Å². The second kappa shape index (κ2) is 8.64. The predicted octanol–water partition coefficient (Wildman–Crippen LogP) is 2.71. The van der Waals surface area contributed by atoms with Crippen molar-refractivity contribution in [1.82, 2.24) is 0 Å². The molecule has 5 heteroatoms. The van der Waals surface area contributed by atoms with Crippen LogP contribution in [0.3, 0.4) is 0 Å². The fourth-order valence-corrected chi connectivity index (χ4v) is 2.02. The molecule has 0 saturated heterocycles. The minimum Gasteiger partial charge on any atom is -0.490 e. The van der Waals surface area contributed by atoms with Crippen LogP contribution in [0.15, 0.2) is 67.3 Å². The lowest BCUT2D eigenvalue weighted by atomic mass is 10.00. The number of carbonyl (C=O) groups is 2. The molecule has 0 radical (unpaired) electrons. The van der Waals surface area contributed by atoms with E-state index < -0.39 is 12.1 Å². The van der Waals surface area contributed by atoms with E-state index in [1.807, 2.05) is 6.07 Å². The molecular formula is C19H18O5. The Morgan fingerprint density at radius 3 is 2.33 bits per heavy atom. The van der Waals surface area contributed by atoms with Crippen LogP contribution in [0.25, 0.3) is 0 Å². The summed E-state index contributed by atoms with van der Waals surface area (Å²) in [7, 11) is 0. The summed E-state index contributed by atoms with van der Waals surface area (Å²) < 4.78 is 10.2. The lowest BCUT2D eigenvalue weighted by Gasteiger charge is -2.11. The van der Waals surface area contributed by atoms with Gasteiger partial charge < -0.3 is 14.6 Å². The molecule has 1 atom stereocenters. The van der Waals surface area contributed by atoms with Gasteiger partial charge in [0.1, 0.15) is 25.1 Å². The van der Waals surface area contributed by atoms with E-state index in [4.69, 9.17) is 9.47 Å². The van der Waals surface area contributed by atoms with Gasteiger partial charge in [0.05, 0.1) is 0 Å². The van der Waals surface area contributed by atoms with E-state index in [0.717, 1.165) is 6.08 Å². The maximum absolute atomic E-state index is 12.3. The van der Waals surface area contributed by atoms with Crippen molar-refractivity contribution in [2.45, 2.75) is 6.10 Å². The summed E-state index contributed by atoms with van der Waals surface area (Å²) >= 11 is 0. The molecule has 0 spiro atoms. The second-order valence-corrected chi connectivity index (χ2v) is 4.92. The fraction of sp³-hybridized carbons (Fsp3) is 0.158. The van der Waals surface area contributed by atoms with Crippen molar-refractivity contribution in [3.05, 3.63) is 78.4 Å². The molecule has 0 heterocycles. The van der Waals surface area contributed by atoms with Gasteiger partial charge in [0.25, 0.3) is 0 Å². The highest BCUT2D eigenvalue weighted by atomic mass is 16.6. The summed E-state index contributed by atoms with van der Waals surface area (Å²) in [4.78, 5) is 23.1. The summed E-state index contributed by atoms with van der Waals surface area (Å²) in [5.74, 6) is -0.350. The van der Waals surface area contributed by atoms with Crippen molar-refractivity contribution in [2.75, 3.05) is 13.2 Å². The molecule has 0 aromatic heterocycles. The van der Waals surface area contributed by atoms with Gasteiger partial charge in [-0.05, 0) is 29.8 Å². The number of benzene rings is 2. The van der Waals surface area contributed by atoms with Gasteiger partial charge in [0.2, 0.25) is 0 Å². The summed E-state index contributed by atoms with van der Waals surface area (Å²) in [6.07, 6.45) is -0.116. The van der Waals surface area contributed by atoms with Crippen LogP contribution in [0.4, 0.5) is 0 Å². The normalized spacial score (nSPS) is 11.4. The van der Waals surface area contributed by atoms with Crippen molar-refractivity contribution in [3.8, 4) is 5.75 Å². The van der Waals surface area contributed by atoms with Gasteiger partial charge in [-0.2, -0.15) is 0 Å². The monoisotopic (exact) mass is 326 g/mol. The predicted molar refractivity (Wildman–Crippen MR) is 88.8 cm³/mol. The van der Waals surface area contributed by atoms with E-state index in [9.17, 15) is 14.7 Å². The number of aliphatic hydroxyl groups excluding tert-OH is 1.